The van der Waals surface area contributed by atoms with Crippen molar-refractivity contribution in [3.05, 3.63) is 88.5 Å². The maximum Gasteiger partial charge on any atom is 0.373 e. The first-order valence-electron chi connectivity index (χ1n) is 11.3. The summed E-state index contributed by atoms with van der Waals surface area (Å²) in [4.78, 5) is 40.1. The minimum Gasteiger partial charge on any atom is -0.488 e. The lowest BCUT2D eigenvalue weighted by Crippen LogP contribution is -2.30. The number of ether oxygens (including phenoxy) is 2. The SMILES string of the molecule is COC(=O)c1ccc(CN2C(=O)NC(=Cc3ccc(N(C)C)cc3OCc3cccc(C)c3)C2=O)o1. The molecule has 0 radical (unpaired) electrons. The zero-order valence-corrected chi connectivity index (χ0v) is 20.5. The summed E-state index contributed by atoms with van der Waals surface area (Å²) in [5.74, 6) is -0.315. The minimum absolute atomic E-state index is 0.00768. The van der Waals surface area contributed by atoms with Gasteiger partial charge in [0.15, 0.2) is 0 Å². The third-order valence-electron chi connectivity index (χ3n) is 5.61. The number of methoxy groups -OCH3 is 1. The molecule has 36 heavy (non-hydrogen) atoms. The molecule has 0 bridgehead atoms. The number of imide groups is 1. The van der Waals surface area contributed by atoms with E-state index in [2.05, 4.69) is 10.1 Å². The first kappa shape index (κ1) is 24.6. The van der Waals surface area contributed by atoms with Crippen LogP contribution in [0.15, 0.2) is 64.7 Å². The van der Waals surface area contributed by atoms with Gasteiger partial charge in [0.1, 0.15) is 23.8 Å². The van der Waals surface area contributed by atoms with E-state index in [1.807, 2.05) is 68.4 Å². The Balaban J connectivity index is 1.56. The van der Waals surface area contributed by atoms with E-state index < -0.39 is 17.9 Å². The Labute approximate surface area is 208 Å². The summed E-state index contributed by atoms with van der Waals surface area (Å²) < 4.78 is 16.1. The number of esters is 1. The van der Waals surface area contributed by atoms with Crippen LogP contribution in [0.2, 0.25) is 0 Å². The first-order chi connectivity index (χ1) is 17.2. The lowest BCUT2D eigenvalue weighted by molar-refractivity contribution is -0.123. The minimum atomic E-state index is -0.640. The average molecular weight is 490 g/mol. The lowest BCUT2D eigenvalue weighted by Gasteiger charge is -2.16. The van der Waals surface area contributed by atoms with Crippen molar-refractivity contribution in [1.82, 2.24) is 10.2 Å². The predicted octanol–water partition coefficient (Wildman–Crippen LogP) is 4.11. The Morgan fingerprint density at radius 2 is 1.92 bits per heavy atom. The number of rotatable bonds is 8. The molecule has 3 aromatic rings. The molecule has 0 unspecified atom stereocenters. The van der Waals surface area contributed by atoms with Gasteiger partial charge in [-0.2, -0.15) is 0 Å². The van der Waals surface area contributed by atoms with Gasteiger partial charge in [-0.3, -0.25) is 9.69 Å². The second-order valence-corrected chi connectivity index (χ2v) is 8.53. The normalized spacial score (nSPS) is 14.2. The maximum atomic E-state index is 13.0. The van der Waals surface area contributed by atoms with Crippen molar-refractivity contribution < 1.29 is 28.3 Å². The molecule has 0 atom stereocenters. The fourth-order valence-corrected chi connectivity index (χ4v) is 3.71. The summed E-state index contributed by atoms with van der Waals surface area (Å²) in [7, 11) is 5.09. The highest BCUT2D eigenvalue weighted by Crippen LogP contribution is 2.29. The summed E-state index contributed by atoms with van der Waals surface area (Å²) in [6.45, 7) is 2.24. The van der Waals surface area contributed by atoms with E-state index in [-0.39, 0.29) is 23.8 Å². The molecule has 1 aliphatic heterocycles. The maximum absolute atomic E-state index is 13.0. The molecule has 1 fully saturated rings. The molecule has 4 rings (SSSR count). The van der Waals surface area contributed by atoms with Gasteiger partial charge in [-0.05, 0) is 42.8 Å². The van der Waals surface area contributed by atoms with Crippen molar-refractivity contribution in [3.8, 4) is 5.75 Å². The molecule has 9 heteroatoms. The molecule has 186 valence electrons. The van der Waals surface area contributed by atoms with Crippen molar-refractivity contribution in [3.63, 3.8) is 0 Å². The summed E-state index contributed by atoms with van der Waals surface area (Å²) >= 11 is 0. The van der Waals surface area contributed by atoms with E-state index in [1.54, 1.807) is 6.08 Å². The largest absolute Gasteiger partial charge is 0.488 e. The molecule has 2 heterocycles. The first-order valence-corrected chi connectivity index (χ1v) is 11.3. The van der Waals surface area contributed by atoms with Crippen LogP contribution in [0.1, 0.15) is 33.0 Å². The van der Waals surface area contributed by atoms with Crippen LogP contribution >= 0.6 is 0 Å². The van der Waals surface area contributed by atoms with Crippen LogP contribution in [0.25, 0.3) is 6.08 Å². The van der Waals surface area contributed by atoms with Crippen LogP contribution in [0, 0.1) is 6.92 Å². The summed E-state index contributed by atoms with van der Waals surface area (Å²) in [6, 6.07) is 16.0. The quantitative estimate of drug-likeness (QED) is 0.289. The summed E-state index contributed by atoms with van der Waals surface area (Å²) in [5.41, 5.74) is 3.83. The van der Waals surface area contributed by atoms with Gasteiger partial charge in [-0.15, -0.1) is 0 Å². The molecule has 1 aromatic heterocycles. The summed E-state index contributed by atoms with van der Waals surface area (Å²) in [5, 5.41) is 2.61. The standard InChI is InChI=1S/C27H27N3O6/c1-17-6-5-7-18(12-17)16-35-24-14-20(29(2)3)9-8-19(24)13-22-25(31)30(27(33)28-22)15-21-10-11-23(36-21)26(32)34-4/h5-14H,15-16H2,1-4H3,(H,28,33). The van der Waals surface area contributed by atoms with Crippen LogP contribution in [-0.2, 0) is 22.7 Å². The number of nitrogens with one attached hydrogen (secondary N) is 1. The Bertz CT molecular complexity index is 1340. The number of anilines is 1. The van der Waals surface area contributed by atoms with Crippen LogP contribution in [0.4, 0.5) is 10.5 Å². The predicted molar refractivity (Wildman–Crippen MR) is 133 cm³/mol. The van der Waals surface area contributed by atoms with E-state index in [0.717, 1.165) is 21.7 Å². The number of hydrogen-bond acceptors (Lipinski definition) is 7. The molecular formula is C27H27N3O6. The fourth-order valence-electron chi connectivity index (χ4n) is 3.71. The second kappa shape index (κ2) is 10.4. The second-order valence-electron chi connectivity index (χ2n) is 8.53. The van der Waals surface area contributed by atoms with Crippen LogP contribution in [0.5, 0.6) is 5.75 Å². The number of carbonyl (C=O) groups excluding carboxylic acids is 3. The third kappa shape index (κ3) is 5.41. The van der Waals surface area contributed by atoms with E-state index in [0.29, 0.717) is 17.9 Å². The van der Waals surface area contributed by atoms with Crippen molar-refractivity contribution in [2.45, 2.75) is 20.1 Å². The Morgan fingerprint density at radius 1 is 1.11 bits per heavy atom. The molecule has 1 N–H and O–H groups in total. The molecule has 2 aromatic carbocycles. The number of urea groups is 1. The Hall–Kier alpha value is -4.53. The molecule has 0 saturated carbocycles. The lowest BCUT2D eigenvalue weighted by atomic mass is 10.1. The average Bonchev–Trinajstić information content (AvgIpc) is 3.43. The van der Waals surface area contributed by atoms with Crippen molar-refractivity contribution in [1.29, 1.82) is 0 Å². The number of aryl methyl sites for hydroxylation is 1. The van der Waals surface area contributed by atoms with Gasteiger partial charge in [0, 0.05) is 31.4 Å². The van der Waals surface area contributed by atoms with E-state index >= 15 is 0 Å². The van der Waals surface area contributed by atoms with Crippen LogP contribution in [0.3, 0.4) is 0 Å². The smallest absolute Gasteiger partial charge is 0.373 e. The van der Waals surface area contributed by atoms with Crippen molar-refractivity contribution >= 4 is 29.7 Å². The molecule has 3 amide bonds. The Morgan fingerprint density at radius 3 is 2.64 bits per heavy atom. The zero-order valence-electron chi connectivity index (χ0n) is 20.5. The molecule has 9 nitrogen and oxygen atoms in total. The molecule has 0 aliphatic carbocycles. The van der Waals surface area contributed by atoms with Gasteiger partial charge in [-0.1, -0.05) is 29.8 Å². The van der Waals surface area contributed by atoms with Gasteiger partial charge >= 0.3 is 12.0 Å². The number of hydrogen-bond donors (Lipinski definition) is 1. The van der Waals surface area contributed by atoms with Crippen LogP contribution < -0.4 is 15.0 Å². The van der Waals surface area contributed by atoms with E-state index in [9.17, 15) is 14.4 Å². The molecule has 1 aliphatic rings. The number of benzene rings is 2. The van der Waals surface area contributed by atoms with Gasteiger partial charge in [-0.25, -0.2) is 9.59 Å². The Kier molecular flexibility index (Phi) is 7.10. The third-order valence-corrected chi connectivity index (χ3v) is 5.61. The van der Waals surface area contributed by atoms with Gasteiger partial charge < -0.3 is 24.1 Å². The van der Waals surface area contributed by atoms with Gasteiger partial charge in [0.05, 0.1) is 13.7 Å². The molecule has 0 spiro atoms. The van der Waals surface area contributed by atoms with Crippen molar-refractivity contribution in [2.75, 3.05) is 26.1 Å². The topological polar surface area (TPSA) is 101 Å². The van der Waals surface area contributed by atoms with Gasteiger partial charge in [0.2, 0.25) is 5.76 Å². The summed E-state index contributed by atoms with van der Waals surface area (Å²) in [6.07, 6.45) is 1.59. The van der Waals surface area contributed by atoms with Gasteiger partial charge in [0.25, 0.3) is 5.91 Å². The highest BCUT2D eigenvalue weighted by Gasteiger charge is 2.34. The molecule has 1 saturated heterocycles. The van der Waals surface area contributed by atoms with E-state index in [4.69, 9.17) is 9.15 Å². The fraction of sp³-hybridized carbons (Fsp3) is 0.222. The highest BCUT2D eigenvalue weighted by molar-refractivity contribution is 6.14. The number of carbonyl (C=O) groups is 3. The molecular weight excluding hydrogens is 462 g/mol. The highest BCUT2D eigenvalue weighted by atomic mass is 16.5. The number of amides is 3. The van der Waals surface area contributed by atoms with E-state index in [1.165, 1.54) is 19.2 Å². The number of nitrogens with zero attached hydrogens (tertiary/aromatic N) is 2. The number of furan rings is 1. The monoisotopic (exact) mass is 489 g/mol. The zero-order chi connectivity index (χ0) is 25.8. The van der Waals surface area contributed by atoms with Crippen molar-refractivity contribution in [2.24, 2.45) is 0 Å². The van der Waals surface area contributed by atoms with Crippen LogP contribution in [-0.4, -0.2) is 44.0 Å².